The zero-order chi connectivity index (χ0) is 13.4. The van der Waals surface area contributed by atoms with Crippen molar-refractivity contribution in [3.05, 3.63) is 24.0 Å². The van der Waals surface area contributed by atoms with E-state index in [1.807, 2.05) is 0 Å². The van der Waals surface area contributed by atoms with Gasteiger partial charge >= 0.3 is 0 Å². The number of nitrogen functional groups attached to an aromatic ring is 1. The zero-order valence-electron chi connectivity index (χ0n) is 10.9. The Morgan fingerprint density at radius 2 is 2.17 bits per heavy atom. The van der Waals surface area contributed by atoms with Gasteiger partial charge < -0.3 is 15.6 Å². The molecule has 0 saturated carbocycles. The molecular weight excluding hydrogens is 230 g/mol. The molecule has 0 aliphatic carbocycles. The maximum atomic E-state index is 11.9. The first-order valence-electron chi connectivity index (χ1n) is 6.14. The van der Waals surface area contributed by atoms with Crippen molar-refractivity contribution in [2.75, 3.05) is 31.6 Å². The molecule has 1 aromatic rings. The number of amides is 1. The van der Waals surface area contributed by atoms with Gasteiger partial charge in [0.15, 0.2) is 0 Å². The number of rotatable bonds is 7. The van der Waals surface area contributed by atoms with Gasteiger partial charge in [-0.05, 0) is 19.2 Å². The molecule has 0 radical (unpaired) electrons. The number of hydrazine groups is 1. The highest BCUT2D eigenvalue weighted by Crippen LogP contribution is 2.10. The van der Waals surface area contributed by atoms with Crippen LogP contribution in [0.4, 0.5) is 5.69 Å². The van der Waals surface area contributed by atoms with E-state index in [0.717, 1.165) is 19.6 Å². The van der Waals surface area contributed by atoms with Crippen LogP contribution in [0.25, 0.3) is 0 Å². The van der Waals surface area contributed by atoms with Crippen LogP contribution in [0.15, 0.2) is 18.5 Å². The molecule has 4 N–H and O–H groups in total. The summed E-state index contributed by atoms with van der Waals surface area (Å²) < 4.78 is 0. The number of carbonyl (C=O) groups excluding carboxylic acids is 1. The quantitative estimate of drug-likeness (QED) is 0.484. The van der Waals surface area contributed by atoms with E-state index in [9.17, 15) is 4.79 Å². The summed E-state index contributed by atoms with van der Waals surface area (Å²) >= 11 is 0. The molecule has 1 heterocycles. The fourth-order valence-corrected chi connectivity index (χ4v) is 1.67. The molecule has 1 aromatic heterocycles. The summed E-state index contributed by atoms with van der Waals surface area (Å²) in [5.41, 5.74) is 3.50. The Kier molecular flexibility index (Phi) is 6.10. The number of pyridine rings is 1. The molecule has 0 atom stereocenters. The normalized spacial score (nSPS) is 10.4. The number of likely N-dealkylation sites (N-methyl/N-ethyl adjacent to an activating group) is 1. The number of anilines is 1. The highest BCUT2D eigenvalue weighted by atomic mass is 16.1. The maximum Gasteiger partial charge on any atom is 0.253 e. The van der Waals surface area contributed by atoms with Gasteiger partial charge in [-0.25, -0.2) is 0 Å². The minimum Gasteiger partial charge on any atom is -0.351 e. The molecular formula is C12H21N5O. The molecule has 6 heteroatoms. The van der Waals surface area contributed by atoms with Gasteiger partial charge in [0.25, 0.3) is 5.91 Å². The van der Waals surface area contributed by atoms with E-state index in [-0.39, 0.29) is 5.91 Å². The van der Waals surface area contributed by atoms with Gasteiger partial charge in [0.1, 0.15) is 0 Å². The van der Waals surface area contributed by atoms with Crippen LogP contribution < -0.4 is 16.6 Å². The molecule has 0 aliphatic heterocycles. The first-order chi connectivity index (χ1) is 8.72. The lowest BCUT2D eigenvalue weighted by molar-refractivity contribution is 0.0949. The van der Waals surface area contributed by atoms with Crippen LogP contribution in [-0.4, -0.2) is 42.0 Å². The average molecular weight is 251 g/mol. The molecule has 0 bridgehead atoms. The molecule has 0 fully saturated rings. The number of carbonyl (C=O) groups is 1. The molecule has 6 nitrogen and oxygen atoms in total. The number of nitrogens with two attached hydrogens (primary N) is 1. The van der Waals surface area contributed by atoms with Gasteiger partial charge in [-0.2, -0.15) is 0 Å². The molecule has 1 amide bonds. The summed E-state index contributed by atoms with van der Waals surface area (Å²) in [5, 5.41) is 2.87. The Morgan fingerprint density at radius 3 is 2.78 bits per heavy atom. The maximum absolute atomic E-state index is 11.9. The van der Waals surface area contributed by atoms with Gasteiger partial charge in [-0.15, -0.1) is 0 Å². The summed E-state index contributed by atoms with van der Waals surface area (Å²) in [6.07, 6.45) is 3.10. The summed E-state index contributed by atoms with van der Waals surface area (Å²) in [5.74, 6) is 5.19. The number of nitrogens with zero attached hydrogens (tertiary/aromatic N) is 2. The largest absolute Gasteiger partial charge is 0.351 e. The average Bonchev–Trinajstić information content (AvgIpc) is 2.43. The fourth-order valence-electron chi connectivity index (χ4n) is 1.67. The monoisotopic (exact) mass is 251 g/mol. The number of hydrogen-bond acceptors (Lipinski definition) is 5. The van der Waals surface area contributed by atoms with Gasteiger partial charge in [-0.3, -0.25) is 15.6 Å². The second-order valence-electron chi connectivity index (χ2n) is 3.85. The number of aromatic nitrogens is 1. The van der Waals surface area contributed by atoms with Crippen molar-refractivity contribution in [1.29, 1.82) is 0 Å². The van der Waals surface area contributed by atoms with Crippen LogP contribution in [0.2, 0.25) is 0 Å². The predicted molar refractivity (Wildman–Crippen MR) is 72.2 cm³/mol. The van der Waals surface area contributed by atoms with Crippen molar-refractivity contribution in [2.24, 2.45) is 5.84 Å². The third-order valence-electron chi connectivity index (χ3n) is 2.83. The van der Waals surface area contributed by atoms with E-state index in [0.29, 0.717) is 17.8 Å². The third-order valence-corrected chi connectivity index (χ3v) is 2.83. The van der Waals surface area contributed by atoms with Gasteiger partial charge in [0.2, 0.25) is 0 Å². The van der Waals surface area contributed by atoms with Crippen molar-refractivity contribution in [2.45, 2.75) is 13.8 Å². The highest BCUT2D eigenvalue weighted by Gasteiger charge is 2.10. The van der Waals surface area contributed by atoms with Crippen molar-refractivity contribution < 1.29 is 4.79 Å². The Bertz CT molecular complexity index is 378. The minimum atomic E-state index is -0.141. The Hall–Kier alpha value is -1.66. The van der Waals surface area contributed by atoms with E-state index in [1.165, 1.54) is 6.20 Å². The van der Waals surface area contributed by atoms with E-state index in [2.05, 4.69) is 34.5 Å². The van der Waals surface area contributed by atoms with Gasteiger partial charge in [0, 0.05) is 19.3 Å². The molecule has 0 saturated heterocycles. The highest BCUT2D eigenvalue weighted by molar-refractivity contribution is 5.99. The molecule has 0 unspecified atom stereocenters. The number of nitrogens with one attached hydrogen (secondary N) is 2. The van der Waals surface area contributed by atoms with Crippen LogP contribution in [-0.2, 0) is 0 Å². The van der Waals surface area contributed by atoms with Crippen LogP contribution >= 0.6 is 0 Å². The first-order valence-corrected chi connectivity index (χ1v) is 6.14. The van der Waals surface area contributed by atoms with Crippen molar-refractivity contribution >= 4 is 11.6 Å². The molecule has 1 rings (SSSR count). The zero-order valence-corrected chi connectivity index (χ0v) is 10.9. The van der Waals surface area contributed by atoms with E-state index >= 15 is 0 Å². The lowest BCUT2D eigenvalue weighted by atomic mass is 10.2. The van der Waals surface area contributed by atoms with Crippen molar-refractivity contribution in [3.8, 4) is 0 Å². The smallest absolute Gasteiger partial charge is 0.253 e. The van der Waals surface area contributed by atoms with Crippen LogP contribution in [0.3, 0.4) is 0 Å². The molecule has 100 valence electrons. The number of hydrogen-bond donors (Lipinski definition) is 3. The topological polar surface area (TPSA) is 83.3 Å². The Labute approximate surface area is 108 Å². The van der Waals surface area contributed by atoms with Gasteiger partial charge in [0.05, 0.1) is 17.4 Å². The SMILES string of the molecule is CCN(CC)CCNC(=O)c1ccncc1NN. The lowest BCUT2D eigenvalue weighted by Crippen LogP contribution is -2.35. The van der Waals surface area contributed by atoms with E-state index in [1.54, 1.807) is 12.3 Å². The first kappa shape index (κ1) is 14.4. The third kappa shape index (κ3) is 3.97. The Balaban J connectivity index is 2.50. The van der Waals surface area contributed by atoms with Crippen LogP contribution in [0.5, 0.6) is 0 Å². The second kappa shape index (κ2) is 7.62. The van der Waals surface area contributed by atoms with Crippen LogP contribution in [0, 0.1) is 0 Å². The summed E-state index contributed by atoms with van der Waals surface area (Å²) in [4.78, 5) is 18.1. The molecule has 0 aromatic carbocycles. The fraction of sp³-hybridized carbons (Fsp3) is 0.500. The minimum absolute atomic E-state index is 0.141. The standard InChI is InChI=1S/C12H21N5O/c1-3-17(4-2)8-7-15-12(18)10-5-6-14-9-11(10)16-13/h5-6,9,16H,3-4,7-8,13H2,1-2H3,(H,15,18). The van der Waals surface area contributed by atoms with E-state index in [4.69, 9.17) is 5.84 Å². The second-order valence-corrected chi connectivity index (χ2v) is 3.85. The van der Waals surface area contributed by atoms with E-state index < -0.39 is 0 Å². The Morgan fingerprint density at radius 1 is 1.44 bits per heavy atom. The molecule has 18 heavy (non-hydrogen) atoms. The summed E-state index contributed by atoms with van der Waals surface area (Å²) in [7, 11) is 0. The molecule has 0 aliphatic rings. The summed E-state index contributed by atoms with van der Waals surface area (Å²) in [6.45, 7) is 7.63. The van der Waals surface area contributed by atoms with Gasteiger partial charge in [-0.1, -0.05) is 13.8 Å². The van der Waals surface area contributed by atoms with Crippen molar-refractivity contribution in [1.82, 2.24) is 15.2 Å². The molecule has 0 spiro atoms. The van der Waals surface area contributed by atoms with Crippen molar-refractivity contribution in [3.63, 3.8) is 0 Å². The summed E-state index contributed by atoms with van der Waals surface area (Å²) in [6, 6.07) is 1.64. The predicted octanol–water partition coefficient (Wildman–Crippen LogP) is 0.439. The lowest BCUT2D eigenvalue weighted by Gasteiger charge is -2.18. The van der Waals surface area contributed by atoms with Crippen LogP contribution in [0.1, 0.15) is 24.2 Å².